The molecule has 2 saturated heterocycles. The van der Waals surface area contributed by atoms with E-state index in [4.69, 9.17) is 13.6 Å². The number of carbonyl (C=O) groups is 2. The molecule has 0 spiro atoms. The van der Waals surface area contributed by atoms with Crippen molar-refractivity contribution in [2.45, 2.75) is 19.8 Å². The van der Waals surface area contributed by atoms with E-state index in [0.29, 0.717) is 49.3 Å². The summed E-state index contributed by atoms with van der Waals surface area (Å²) < 4.78 is 16.3. The maximum Gasteiger partial charge on any atom is 0.311 e. The number of nitrogens with zero attached hydrogens (tertiary/aromatic N) is 2. The highest BCUT2D eigenvalue weighted by Gasteiger charge is 2.54. The van der Waals surface area contributed by atoms with Crippen molar-refractivity contribution in [2.75, 3.05) is 26.3 Å². The number of amides is 1. The number of fused-ring (bicyclic) bond motifs is 1. The van der Waals surface area contributed by atoms with E-state index in [9.17, 15) is 14.7 Å². The van der Waals surface area contributed by atoms with E-state index < -0.39 is 11.4 Å². The third-order valence-electron chi connectivity index (χ3n) is 5.43. The molecule has 2 fully saturated rings. The Balaban J connectivity index is 1.50. The zero-order valence-electron chi connectivity index (χ0n) is 14.4. The molecule has 0 radical (unpaired) electrons. The molecule has 2 aromatic rings. The predicted octanol–water partition coefficient (Wildman–Crippen LogP) is 1.74. The first-order valence-electron chi connectivity index (χ1n) is 8.59. The van der Waals surface area contributed by atoms with Gasteiger partial charge in [0, 0.05) is 25.6 Å². The number of furan rings is 1. The van der Waals surface area contributed by atoms with E-state index in [-0.39, 0.29) is 24.8 Å². The molecule has 8 nitrogen and oxygen atoms in total. The molecule has 4 rings (SSSR count). The van der Waals surface area contributed by atoms with Gasteiger partial charge in [0.1, 0.15) is 5.76 Å². The number of hydrogen-bond acceptors (Lipinski definition) is 6. The van der Waals surface area contributed by atoms with Gasteiger partial charge in [-0.05, 0) is 25.5 Å². The third kappa shape index (κ3) is 2.70. The Labute approximate surface area is 149 Å². The van der Waals surface area contributed by atoms with Crippen LogP contribution in [0.25, 0.3) is 11.7 Å². The average Bonchev–Trinajstić information content (AvgIpc) is 3.33. The topological polar surface area (TPSA) is 106 Å². The summed E-state index contributed by atoms with van der Waals surface area (Å²) in [4.78, 5) is 30.6. The van der Waals surface area contributed by atoms with Crippen LogP contribution < -0.4 is 0 Å². The van der Waals surface area contributed by atoms with Crippen molar-refractivity contribution in [2.24, 2.45) is 11.3 Å². The third-order valence-corrected chi connectivity index (χ3v) is 5.43. The molecule has 4 heterocycles. The number of aliphatic carboxylic acids is 1. The molecular weight excluding hydrogens is 340 g/mol. The van der Waals surface area contributed by atoms with Crippen LogP contribution in [0.5, 0.6) is 0 Å². The Kier molecular flexibility index (Phi) is 4.07. The van der Waals surface area contributed by atoms with Crippen LogP contribution in [-0.2, 0) is 20.7 Å². The minimum absolute atomic E-state index is 0.0688. The summed E-state index contributed by atoms with van der Waals surface area (Å²) in [6, 6.07) is 3.47. The van der Waals surface area contributed by atoms with Crippen LogP contribution in [0.1, 0.15) is 17.9 Å². The largest absolute Gasteiger partial charge is 0.481 e. The van der Waals surface area contributed by atoms with Crippen molar-refractivity contribution < 1.29 is 28.3 Å². The fourth-order valence-corrected chi connectivity index (χ4v) is 3.84. The molecule has 138 valence electrons. The van der Waals surface area contributed by atoms with Gasteiger partial charge in [-0.15, -0.1) is 0 Å². The summed E-state index contributed by atoms with van der Waals surface area (Å²) in [7, 11) is 0. The molecule has 0 aliphatic carbocycles. The second kappa shape index (κ2) is 6.28. The van der Waals surface area contributed by atoms with Crippen LogP contribution in [-0.4, -0.2) is 53.2 Å². The maximum absolute atomic E-state index is 12.8. The molecule has 2 atom stereocenters. The fourth-order valence-electron chi connectivity index (χ4n) is 3.84. The first-order chi connectivity index (χ1) is 12.5. The minimum atomic E-state index is -0.897. The number of oxazole rings is 1. The van der Waals surface area contributed by atoms with Crippen LogP contribution >= 0.6 is 0 Å². The Hall–Kier alpha value is -2.61. The number of rotatable bonds is 4. The highest BCUT2D eigenvalue weighted by atomic mass is 16.5. The van der Waals surface area contributed by atoms with Crippen LogP contribution in [0.15, 0.2) is 27.2 Å². The monoisotopic (exact) mass is 360 g/mol. The summed E-state index contributed by atoms with van der Waals surface area (Å²) in [5.41, 5.74) is -0.358. The number of hydrogen-bond donors (Lipinski definition) is 1. The van der Waals surface area contributed by atoms with Gasteiger partial charge in [0.15, 0.2) is 5.76 Å². The molecular formula is C18H20N2O6. The van der Waals surface area contributed by atoms with Gasteiger partial charge in [-0.2, -0.15) is 0 Å². The molecule has 26 heavy (non-hydrogen) atoms. The number of likely N-dealkylation sites (tertiary alicyclic amines) is 1. The van der Waals surface area contributed by atoms with Gasteiger partial charge in [-0.3, -0.25) is 9.59 Å². The van der Waals surface area contributed by atoms with E-state index in [2.05, 4.69) is 4.98 Å². The van der Waals surface area contributed by atoms with Crippen molar-refractivity contribution in [1.29, 1.82) is 0 Å². The minimum Gasteiger partial charge on any atom is -0.481 e. The van der Waals surface area contributed by atoms with Crippen LogP contribution in [0.3, 0.4) is 0 Å². The zero-order valence-corrected chi connectivity index (χ0v) is 14.4. The fraction of sp³-hybridized carbons (Fsp3) is 0.500. The quantitative estimate of drug-likeness (QED) is 0.885. The molecule has 0 aromatic carbocycles. The summed E-state index contributed by atoms with van der Waals surface area (Å²) in [6.07, 6.45) is 2.03. The van der Waals surface area contributed by atoms with Gasteiger partial charge >= 0.3 is 5.97 Å². The van der Waals surface area contributed by atoms with Crippen molar-refractivity contribution in [3.63, 3.8) is 0 Å². The number of carboxylic acids is 1. The van der Waals surface area contributed by atoms with Gasteiger partial charge in [0.05, 0.1) is 30.4 Å². The number of aryl methyl sites for hydroxylation is 1. The molecule has 0 saturated carbocycles. The molecule has 8 heteroatoms. The summed E-state index contributed by atoms with van der Waals surface area (Å²) in [5.74, 6) is 0.218. The molecule has 0 unspecified atom stereocenters. The van der Waals surface area contributed by atoms with Crippen LogP contribution in [0.2, 0.25) is 0 Å². The Morgan fingerprint density at radius 1 is 1.46 bits per heavy atom. The van der Waals surface area contributed by atoms with E-state index in [1.54, 1.807) is 24.0 Å². The van der Waals surface area contributed by atoms with Gasteiger partial charge in [0.2, 0.25) is 5.91 Å². The standard InChI is InChI=1S/C18H20N2O6/c1-11-13(19-16(26-11)14-3-2-5-25-14)7-15(21)20-8-12-9-24-6-4-18(12,10-20)17(22)23/h2-3,5,12H,4,6-10H2,1H3,(H,22,23)/t12-,18+/m0/s1. The first-order valence-corrected chi connectivity index (χ1v) is 8.59. The average molecular weight is 360 g/mol. The van der Waals surface area contributed by atoms with Crippen molar-refractivity contribution in [3.8, 4) is 11.7 Å². The Morgan fingerprint density at radius 3 is 3.00 bits per heavy atom. The van der Waals surface area contributed by atoms with E-state index in [1.807, 2.05) is 0 Å². The number of aromatic nitrogens is 1. The van der Waals surface area contributed by atoms with Crippen LogP contribution in [0.4, 0.5) is 0 Å². The predicted molar refractivity (Wildman–Crippen MR) is 88.2 cm³/mol. The lowest BCUT2D eigenvalue weighted by atomic mass is 9.74. The van der Waals surface area contributed by atoms with Crippen molar-refractivity contribution in [1.82, 2.24) is 9.88 Å². The van der Waals surface area contributed by atoms with E-state index in [0.717, 1.165) is 0 Å². The van der Waals surface area contributed by atoms with E-state index in [1.165, 1.54) is 6.26 Å². The van der Waals surface area contributed by atoms with Gasteiger partial charge in [-0.1, -0.05) is 0 Å². The van der Waals surface area contributed by atoms with E-state index >= 15 is 0 Å². The lowest BCUT2D eigenvalue weighted by Gasteiger charge is -2.33. The SMILES string of the molecule is Cc1oc(-c2ccco2)nc1CC(=O)N1C[C@H]2COCC[C@@]2(C(=O)O)C1. The Bertz CT molecular complexity index is 827. The summed E-state index contributed by atoms with van der Waals surface area (Å²) >= 11 is 0. The molecule has 2 aliphatic heterocycles. The van der Waals surface area contributed by atoms with Crippen molar-refractivity contribution >= 4 is 11.9 Å². The maximum atomic E-state index is 12.8. The summed E-state index contributed by atoms with van der Waals surface area (Å²) in [5, 5.41) is 9.71. The van der Waals surface area contributed by atoms with Gasteiger partial charge < -0.3 is 23.6 Å². The molecule has 2 aromatic heterocycles. The first kappa shape index (κ1) is 16.8. The van der Waals surface area contributed by atoms with Crippen molar-refractivity contribution in [3.05, 3.63) is 29.9 Å². The summed E-state index contributed by atoms with van der Waals surface area (Å²) in [6.45, 7) is 3.16. The molecule has 0 bridgehead atoms. The Morgan fingerprint density at radius 2 is 2.31 bits per heavy atom. The second-order valence-corrected chi connectivity index (χ2v) is 6.93. The molecule has 2 aliphatic rings. The molecule has 1 N–H and O–H groups in total. The number of carbonyl (C=O) groups excluding carboxylic acids is 1. The highest BCUT2D eigenvalue weighted by molar-refractivity contribution is 5.82. The normalized spacial score (nSPS) is 25.3. The number of carboxylic acid groups (broad SMARTS) is 1. The molecule has 1 amide bonds. The van der Waals surface area contributed by atoms with Gasteiger partial charge in [-0.25, -0.2) is 4.98 Å². The smallest absolute Gasteiger partial charge is 0.311 e. The van der Waals surface area contributed by atoms with Crippen LogP contribution in [0, 0.1) is 18.3 Å². The zero-order chi connectivity index (χ0) is 18.3. The van der Waals surface area contributed by atoms with Gasteiger partial charge in [0.25, 0.3) is 5.89 Å². The second-order valence-electron chi connectivity index (χ2n) is 6.93. The number of ether oxygens (including phenoxy) is 1. The lowest BCUT2D eigenvalue weighted by molar-refractivity contribution is -0.157. The highest BCUT2D eigenvalue weighted by Crippen LogP contribution is 2.42. The lowest BCUT2D eigenvalue weighted by Crippen LogP contribution is -2.45.